The predicted octanol–water partition coefficient (Wildman–Crippen LogP) is 9.31. The molecule has 50 heavy (non-hydrogen) atoms. The van der Waals surface area contributed by atoms with Gasteiger partial charge in [0, 0.05) is 34.2 Å². The van der Waals surface area contributed by atoms with Gasteiger partial charge in [0.25, 0.3) is 0 Å². The Morgan fingerprint density at radius 3 is 2.56 bits per heavy atom. The summed E-state index contributed by atoms with van der Waals surface area (Å²) in [6, 6.07) is 16.4. The topological polar surface area (TPSA) is 83.9 Å². The lowest BCUT2D eigenvalue weighted by Crippen LogP contribution is -2.53. The number of pyridine rings is 1. The van der Waals surface area contributed by atoms with Gasteiger partial charge in [-0.15, -0.1) is 0 Å². The Hall–Kier alpha value is -3.29. The molecular weight excluding hydrogens is 646 g/mol. The fourth-order valence-electron chi connectivity index (χ4n) is 9.34. The average Bonchev–Trinajstić information content (AvgIpc) is 3.39. The quantitative estimate of drug-likeness (QED) is 0.173. The van der Waals surface area contributed by atoms with Gasteiger partial charge in [-0.25, -0.2) is 4.79 Å². The zero-order valence-corrected chi connectivity index (χ0v) is 31.4. The van der Waals surface area contributed by atoms with Gasteiger partial charge in [0.15, 0.2) is 0 Å². The van der Waals surface area contributed by atoms with Gasteiger partial charge in [-0.2, -0.15) is 0 Å². The molecule has 2 N–H and O–H groups in total. The first-order valence-corrected chi connectivity index (χ1v) is 19.3. The van der Waals surface area contributed by atoms with Crippen LogP contribution in [-0.4, -0.2) is 58.8 Å². The minimum absolute atomic E-state index is 0.132. The van der Waals surface area contributed by atoms with Gasteiger partial charge in [-0.1, -0.05) is 51.4 Å². The fourth-order valence-corrected chi connectivity index (χ4v) is 9.53. The molecule has 0 bridgehead atoms. The van der Waals surface area contributed by atoms with Crippen LogP contribution in [0.15, 0.2) is 54.7 Å². The number of aromatic nitrogens is 1. The molecule has 2 aromatic carbocycles. The first-order valence-electron chi connectivity index (χ1n) is 19.0. The van der Waals surface area contributed by atoms with Crippen molar-refractivity contribution in [2.75, 3.05) is 31.6 Å². The van der Waals surface area contributed by atoms with Crippen molar-refractivity contribution in [1.82, 2.24) is 9.88 Å². The third kappa shape index (κ3) is 7.50. The number of halogens is 1. The summed E-state index contributed by atoms with van der Waals surface area (Å²) >= 11 is 6.29. The highest BCUT2D eigenvalue weighted by Crippen LogP contribution is 2.57. The van der Waals surface area contributed by atoms with E-state index in [0.717, 1.165) is 62.4 Å². The standard InChI is InChI=1S/C42H56ClN3O4/c1-6-46(7-2)30(5)27-49-35-15-14-31-23-32(22-28(3)26-50-38-16-21-44-37-13-8-10-29(4)39(37)38)41(36(31)25-35)17-19-42(20-18-41,40(47)48)45-34-12-9-11-33(43)24-34/h9,11-12,14-16,21,24-25,28-30,32,45H,6-8,10,13,17-20,22-23,26-27H2,1-5H3,(H,47,48)/t28-,29-,30?,32+,41?,42?/m1/s1. The normalized spacial score (nSPS) is 25.5. The van der Waals surface area contributed by atoms with E-state index in [1.165, 1.54) is 35.2 Å². The Morgan fingerprint density at radius 1 is 1.06 bits per heavy atom. The number of nitrogens with one attached hydrogen (secondary N) is 1. The van der Waals surface area contributed by atoms with E-state index < -0.39 is 11.5 Å². The molecule has 1 aromatic heterocycles. The molecule has 0 radical (unpaired) electrons. The average molecular weight is 702 g/mol. The van der Waals surface area contributed by atoms with Crippen LogP contribution in [-0.2, 0) is 23.1 Å². The molecule has 1 spiro atoms. The van der Waals surface area contributed by atoms with Gasteiger partial charge in [0.2, 0.25) is 0 Å². The molecule has 7 nitrogen and oxygen atoms in total. The van der Waals surface area contributed by atoms with Crippen molar-refractivity contribution in [2.24, 2.45) is 11.8 Å². The molecule has 3 aliphatic carbocycles. The molecule has 1 saturated carbocycles. The Labute approximate surface area is 304 Å². The minimum Gasteiger partial charge on any atom is -0.493 e. The van der Waals surface area contributed by atoms with Crippen LogP contribution in [0.1, 0.15) is 108 Å². The zero-order chi connectivity index (χ0) is 35.5. The summed E-state index contributed by atoms with van der Waals surface area (Å²) < 4.78 is 13.0. The summed E-state index contributed by atoms with van der Waals surface area (Å²) in [5.74, 6) is 2.27. The van der Waals surface area contributed by atoms with Crippen LogP contribution >= 0.6 is 11.6 Å². The summed E-state index contributed by atoms with van der Waals surface area (Å²) in [6.45, 7) is 14.5. The van der Waals surface area contributed by atoms with E-state index in [4.69, 9.17) is 21.1 Å². The number of aliphatic carboxylic acids is 1. The highest BCUT2D eigenvalue weighted by Gasteiger charge is 2.54. The van der Waals surface area contributed by atoms with E-state index in [9.17, 15) is 9.90 Å². The van der Waals surface area contributed by atoms with Crippen molar-refractivity contribution in [2.45, 2.75) is 115 Å². The number of ether oxygens (including phenoxy) is 2. The molecule has 0 amide bonds. The number of carbonyl (C=O) groups is 1. The number of benzene rings is 2. The molecule has 6 rings (SSSR count). The van der Waals surface area contributed by atoms with E-state index in [1.54, 1.807) is 0 Å². The monoisotopic (exact) mass is 701 g/mol. The predicted molar refractivity (Wildman–Crippen MR) is 202 cm³/mol. The second-order valence-electron chi connectivity index (χ2n) is 15.4. The molecule has 1 unspecified atom stereocenters. The Morgan fingerprint density at radius 2 is 1.84 bits per heavy atom. The van der Waals surface area contributed by atoms with Crippen molar-refractivity contribution in [3.63, 3.8) is 0 Å². The van der Waals surface area contributed by atoms with Crippen LogP contribution in [0, 0.1) is 11.8 Å². The van der Waals surface area contributed by atoms with Crippen molar-refractivity contribution < 1.29 is 19.4 Å². The number of aryl methyl sites for hydroxylation is 1. The summed E-state index contributed by atoms with van der Waals surface area (Å²) in [5, 5.41) is 14.7. The molecule has 1 heterocycles. The van der Waals surface area contributed by atoms with Gasteiger partial charge in [-0.3, -0.25) is 9.88 Å². The first kappa shape index (κ1) is 36.5. The molecule has 0 saturated heterocycles. The summed E-state index contributed by atoms with van der Waals surface area (Å²) in [7, 11) is 0. The maximum absolute atomic E-state index is 13.0. The van der Waals surface area contributed by atoms with Crippen LogP contribution in [0.3, 0.4) is 0 Å². The number of anilines is 1. The van der Waals surface area contributed by atoms with Crippen molar-refractivity contribution in [3.05, 3.63) is 82.1 Å². The van der Waals surface area contributed by atoms with Crippen molar-refractivity contribution >= 4 is 23.3 Å². The Kier molecular flexibility index (Phi) is 11.3. The Bertz CT molecular complexity index is 1630. The zero-order valence-electron chi connectivity index (χ0n) is 30.6. The smallest absolute Gasteiger partial charge is 0.329 e. The van der Waals surface area contributed by atoms with Crippen LogP contribution in [0.5, 0.6) is 11.5 Å². The van der Waals surface area contributed by atoms with E-state index in [1.807, 2.05) is 36.5 Å². The van der Waals surface area contributed by atoms with Crippen LogP contribution in [0.2, 0.25) is 5.02 Å². The van der Waals surface area contributed by atoms with Gasteiger partial charge in [0.05, 0.1) is 6.61 Å². The Balaban J connectivity index is 1.24. The highest BCUT2D eigenvalue weighted by molar-refractivity contribution is 6.30. The number of fused-ring (bicyclic) bond motifs is 3. The molecular formula is C42H56ClN3O4. The third-order valence-electron chi connectivity index (χ3n) is 12.2. The lowest BCUT2D eigenvalue weighted by atomic mass is 9.59. The molecule has 270 valence electrons. The van der Waals surface area contributed by atoms with E-state index >= 15 is 0 Å². The van der Waals surface area contributed by atoms with Gasteiger partial charge < -0.3 is 19.9 Å². The SMILES string of the molecule is CCN(CC)C(C)COc1ccc2c(c1)C1(CCC(Nc3cccc(Cl)c3)(C(=O)O)CC1)[C@@H](C[C@@H](C)COc1ccnc3c1[C@H](C)CCC3)C2. The largest absolute Gasteiger partial charge is 0.493 e. The molecule has 0 aliphatic heterocycles. The number of carboxylic acid groups (broad SMARTS) is 1. The second-order valence-corrected chi connectivity index (χ2v) is 15.8. The summed E-state index contributed by atoms with van der Waals surface area (Å²) in [4.78, 5) is 20.1. The third-order valence-corrected chi connectivity index (χ3v) is 12.4. The lowest BCUT2D eigenvalue weighted by Gasteiger charge is -2.47. The minimum atomic E-state index is -1.05. The maximum Gasteiger partial charge on any atom is 0.329 e. The molecule has 8 heteroatoms. The van der Waals surface area contributed by atoms with Crippen LogP contribution in [0.25, 0.3) is 0 Å². The molecule has 4 atom stereocenters. The van der Waals surface area contributed by atoms with Crippen molar-refractivity contribution in [1.29, 1.82) is 0 Å². The van der Waals surface area contributed by atoms with Crippen molar-refractivity contribution in [3.8, 4) is 11.5 Å². The second kappa shape index (κ2) is 15.5. The number of nitrogens with zero attached hydrogens (tertiary/aromatic N) is 2. The van der Waals surface area contributed by atoms with E-state index in [-0.39, 0.29) is 5.41 Å². The maximum atomic E-state index is 13.0. The molecule has 1 fully saturated rings. The number of carboxylic acids is 1. The van der Waals surface area contributed by atoms with Crippen LogP contribution in [0.4, 0.5) is 5.69 Å². The first-order chi connectivity index (χ1) is 24.1. The van der Waals surface area contributed by atoms with Gasteiger partial charge >= 0.3 is 5.97 Å². The molecule has 3 aliphatic rings. The fraction of sp³-hybridized carbons (Fsp3) is 0.571. The number of hydrogen-bond acceptors (Lipinski definition) is 6. The number of hydrogen-bond donors (Lipinski definition) is 2. The van der Waals surface area contributed by atoms with Gasteiger partial charge in [-0.05, 0) is 148 Å². The van der Waals surface area contributed by atoms with E-state index in [0.29, 0.717) is 54.9 Å². The highest BCUT2D eigenvalue weighted by atomic mass is 35.5. The van der Waals surface area contributed by atoms with Gasteiger partial charge in [0.1, 0.15) is 23.6 Å². The molecule has 3 aromatic rings. The van der Waals surface area contributed by atoms with E-state index in [2.05, 4.69) is 68.0 Å². The summed E-state index contributed by atoms with van der Waals surface area (Å²) in [5.41, 5.74) is 4.77. The number of likely N-dealkylation sites (N-methyl/N-ethyl adjacent to an activating group) is 1. The lowest BCUT2D eigenvalue weighted by molar-refractivity contribution is -0.144. The summed E-state index contributed by atoms with van der Waals surface area (Å²) in [6.07, 6.45) is 9.91. The number of rotatable bonds is 14. The van der Waals surface area contributed by atoms with Crippen LogP contribution < -0.4 is 14.8 Å².